The molecule has 2 aliphatic rings. The van der Waals surface area contributed by atoms with Gasteiger partial charge >= 0.3 is 0 Å². The third kappa shape index (κ3) is 2.85. The molecule has 3 heteroatoms. The van der Waals surface area contributed by atoms with E-state index in [1.54, 1.807) is 19.1 Å². The number of aliphatic hydroxyl groups is 1. The molecule has 1 aromatic carbocycles. The lowest BCUT2D eigenvalue weighted by atomic mass is 9.66. The molecule has 0 bridgehead atoms. The Morgan fingerprint density at radius 2 is 1.71 bits per heavy atom. The van der Waals surface area contributed by atoms with Crippen LogP contribution in [0.5, 0.6) is 0 Å². The molecule has 0 heterocycles. The Morgan fingerprint density at radius 3 is 2.48 bits per heavy atom. The summed E-state index contributed by atoms with van der Waals surface area (Å²) in [5, 5.41) is 10.5. The summed E-state index contributed by atoms with van der Waals surface area (Å²) in [7, 11) is 0. The number of benzene rings is 1. The van der Waals surface area contributed by atoms with Gasteiger partial charge in [-0.3, -0.25) is 0 Å². The van der Waals surface area contributed by atoms with E-state index in [1.165, 1.54) is 25.7 Å². The van der Waals surface area contributed by atoms with Gasteiger partial charge in [0.15, 0.2) is 11.6 Å². The van der Waals surface area contributed by atoms with Crippen molar-refractivity contribution in [1.82, 2.24) is 0 Å². The number of hydrogen-bond acceptors (Lipinski definition) is 1. The standard InChI is InChI=1S/C18H24F2O/c1-11-6-9-15(17(20)16(11)19)18(21)14-8-7-12-4-2-3-5-13(12)10-14/h6,9,12-14,18,21H,2-5,7-8,10H2,1H3. The fourth-order valence-corrected chi connectivity index (χ4v) is 4.34. The molecule has 1 nitrogen and oxygen atoms in total. The van der Waals surface area contributed by atoms with Gasteiger partial charge in [0.25, 0.3) is 0 Å². The van der Waals surface area contributed by atoms with Crippen LogP contribution in [0.4, 0.5) is 8.78 Å². The second-order valence-corrected chi connectivity index (χ2v) is 6.92. The molecule has 21 heavy (non-hydrogen) atoms. The summed E-state index contributed by atoms with van der Waals surface area (Å²) in [6.07, 6.45) is 7.28. The number of halogens is 2. The van der Waals surface area contributed by atoms with Gasteiger partial charge in [0.1, 0.15) is 0 Å². The van der Waals surface area contributed by atoms with E-state index in [1.807, 2.05) is 0 Å². The van der Waals surface area contributed by atoms with E-state index < -0.39 is 17.7 Å². The topological polar surface area (TPSA) is 20.2 Å². The number of rotatable bonds is 2. The fraction of sp³-hybridized carbons (Fsp3) is 0.667. The lowest BCUT2D eigenvalue weighted by Crippen LogP contribution is -2.30. The molecular formula is C18H24F2O. The Kier molecular flexibility index (Phi) is 4.30. The van der Waals surface area contributed by atoms with Crippen molar-refractivity contribution in [3.63, 3.8) is 0 Å². The molecule has 0 aliphatic heterocycles. The normalized spacial score (nSPS) is 30.8. The van der Waals surface area contributed by atoms with Crippen LogP contribution >= 0.6 is 0 Å². The van der Waals surface area contributed by atoms with Crippen molar-refractivity contribution < 1.29 is 13.9 Å². The van der Waals surface area contributed by atoms with Crippen LogP contribution in [0.3, 0.4) is 0 Å². The van der Waals surface area contributed by atoms with Gasteiger partial charge in [0, 0.05) is 5.56 Å². The highest BCUT2D eigenvalue weighted by Gasteiger charge is 2.36. The molecule has 4 unspecified atom stereocenters. The molecule has 0 spiro atoms. The van der Waals surface area contributed by atoms with Crippen molar-refractivity contribution in [2.45, 2.75) is 58.0 Å². The summed E-state index contributed by atoms with van der Waals surface area (Å²) in [6.45, 7) is 1.54. The molecule has 3 rings (SSSR count). The summed E-state index contributed by atoms with van der Waals surface area (Å²) in [5.41, 5.74) is 0.428. The maximum Gasteiger partial charge on any atom is 0.164 e. The Morgan fingerprint density at radius 1 is 1.00 bits per heavy atom. The zero-order valence-electron chi connectivity index (χ0n) is 12.6. The van der Waals surface area contributed by atoms with Gasteiger partial charge in [-0.1, -0.05) is 37.8 Å². The predicted molar refractivity (Wildman–Crippen MR) is 78.8 cm³/mol. The number of aryl methyl sites for hydroxylation is 1. The van der Waals surface area contributed by atoms with Crippen LogP contribution in [-0.2, 0) is 0 Å². The maximum absolute atomic E-state index is 14.1. The fourth-order valence-electron chi connectivity index (χ4n) is 4.34. The van der Waals surface area contributed by atoms with Gasteiger partial charge in [-0.2, -0.15) is 0 Å². The Bertz CT molecular complexity index is 514. The van der Waals surface area contributed by atoms with E-state index in [2.05, 4.69) is 0 Å². The zero-order valence-corrected chi connectivity index (χ0v) is 12.6. The molecule has 2 aliphatic carbocycles. The number of fused-ring (bicyclic) bond motifs is 1. The molecule has 0 radical (unpaired) electrons. The van der Waals surface area contributed by atoms with Crippen LogP contribution in [0.2, 0.25) is 0 Å². The van der Waals surface area contributed by atoms with E-state index >= 15 is 0 Å². The van der Waals surface area contributed by atoms with E-state index in [9.17, 15) is 13.9 Å². The minimum atomic E-state index is -0.872. The minimum Gasteiger partial charge on any atom is -0.388 e. The first-order valence-electron chi connectivity index (χ1n) is 8.20. The number of hydrogen-bond donors (Lipinski definition) is 1. The first-order valence-corrected chi connectivity index (χ1v) is 8.20. The zero-order chi connectivity index (χ0) is 15.0. The van der Waals surface area contributed by atoms with Gasteiger partial charge in [-0.15, -0.1) is 0 Å². The minimum absolute atomic E-state index is 0.0703. The highest BCUT2D eigenvalue weighted by atomic mass is 19.2. The van der Waals surface area contributed by atoms with Crippen LogP contribution in [0.15, 0.2) is 12.1 Å². The smallest absolute Gasteiger partial charge is 0.164 e. The van der Waals surface area contributed by atoms with E-state index in [-0.39, 0.29) is 11.5 Å². The second-order valence-electron chi connectivity index (χ2n) is 6.92. The third-order valence-electron chi connectivity index (χ3n) is 5.65. The van der Waals surface area contributed by atoms with Crippen molar-refractivity contribution in [3.05, 3.63) is 34.9 Å². The molecule has 0 saturated heterocycles. The first kappa shape index (κ1) is 15.0. The lowest BCUT2D eigenvalue weighted by Gasteiger charge is -2.40. The molecule has 2 fully saturated rings. The summed E-state index contributed by atoms with van der Waals surface area (Å²) < 4.78 is 27.8. The molecular weight excluding hydrogens is 270 g/mol. The Balaban J connectivity index is 1.76. The quantitative estimate of drug-likeness (QED) is 0.821. The van der Waals surface area contributed by atoms with Crippen LogP contribution < -0.4 is 0 Å². The molecule has 2 saturated carbocycles. The average Bonchev–Trinajstić information content (AvgIpc) is 2.52. The van der Waals surface area contributed by atoms with Gasteiger partial charge in [-0.05, 0) is 49.5 Å². The van der Waals surface area contributed by atoms with Gasteiger partial charge in [0.2, 0.25) is 0 Å². The Hall–Kier alpha value is -0.960. The third-order valence-corrected chi connectivity index (χ3v) is 5.65. The van der Waals surface area contributed by atoms with Crippen molar-refractivity contribution in [2.75, 3.05) is 0 Å². The van der Waals surface area contributed by atoms with Gasteiger partial charge < -0.3 is 5.11 Å². The Labute approximate surface area is 125 Å². The van der Waals surface area contributed by atoms with Crippen molar-refractivity contribution >= 4 is 0 Å². The maximum atomic E-state index is 14.1. The molecule has 0 amide bonds. The predicted octanol–water partition coefficient (Wildman–Crippen LogP) is 4.91. The first-order chi connectivity index (χ1) is 10.1. The van der Waals surface area contributed by atoms with Gasteiger partial charge in [-0.25, -0.2) is 8.78 Å². The van der Waals surface area contributed by atoms with E-state index in [0.29, 0.717) is 11.5 Å². The van der Waals surface area contributed by atoms with E-state index in [4.69, 9.17) is 0 Å². The van der Waals surface area contributed by atoms with Crippen LogP contribution in [0.25, 0.3) is 0 Å². The second kappa shape index (κ2) is 6.04. The summed E-state index contributed by atoms with van der Waals surface area (Å²) in [5.74, 6) is -0.153. The summed E-state index contributed by atoms with van der Waals surface area (Å²) in [6, 6.07) is 3.11. The van der Waals surface area contributed by atoms with Crippen molar-refractivity contribution in [1.29, 1.82) is 0 Å². The van der Waals surface area contributed by atoms with Crippen molar-refractivity contribution in [2.24, 2.45) is 17.8 Å². The highest BCUT2D eigenvalue weighted by Crippen LogP contribution is 2.46. The van der Waals surface area contributed by atoms with Crippen LogP contribution in [-0.4, -0.2) is 5.11 Å². The average molecular weight is 294 g/mol. The molecule has 116 valence electrons. The lowest BCUT2D eigenvalue weighted by molar-refractivity contribution is 0.0326. The summed E-state index contributed by atoms with van der Waals surface area (Å²) >= 11 is 0. The molecule has 4 atom stereocenters. The van der Waals surface area contributed by atoms with Crippen LogP contribution in [0, 0.1) is 36.3 Å². The monoisotopic (exact) mass is 294 g/mol. The van der Waals surface area contributed by atoms with E-state index in [0.717, 1.165) is 25.2 Å². The molecule has 1 aromatic rings. The van der Waals surface area contributed by atoms with Crippen LogP contribution in [0.1, 0.15) is 62.2 Å². The largest absolute Gasteiger partial charge is 0.388 e. The molecule has 0 aromatic heterocycles. The summed E-state index contributed by atoms with van der Waals surface area (Å²) in [4.78, 5) is 0. The van der Waals surface area contributed by atoms with Crippen molar-refractivity contribution in [3.8, 4) is 0 Å². The number of aliphatic hydroxyl groups excluding tert-OH is 1. The highest BCUT2D eigenvalue weighted by molar-refractivity contribution is 5.27. The van der Waals surface area contributed by atoms with Gasteiger partial charge in [0.05, 0.1) is 6.10 Å². The molecule has 1 N–H and O–H groups in total. The SMILES string of the molecule is Cc1ccc(C(O)C2CCC3CCCCC3C2)c(F)c1F.